The fourth-order valence-corrected chi connectivity index (χ4v) is 3.47. The van der Waals surface area contributed by atoms with E-state index in [-0.39, 0.29) is 0 Å². The lowest BCUT2D eigenvalue weighted by atomic mass is 9.64. The molecule has 0 aromatic rings. The molecule has 2 unspecified atom stereocenters. The number of hydrogen-bond acceptors (Lipinski definition) is 3. The Labute approximate surface area is 119 Å². The molecule has 1 heterocycles. The zero-order chi connectivity index (χ0) is 13.7. The van der Waals surface area contributed by atoms with Gasteiger partial charge in [0.25, 0.3) is 0 Å². The van der Waals surface area contributed by atoms with E-state index in [2.05, 4.69) is 31.0 Å². The molecule has 1 aliphatic heterocycles. The third kappa shape index (κ3) is 3.93. The highest BCUT2D eigenvalue weighted by Crippen LogP contribution is 2.42. The zero-order valence-electron chi connectivity index (χ0n) is 13.1. The van der Waals surface area contributed by atoms with Crippen molar-refractivity contribution in [1.82, 2.24) is 10.2 Å². The van der Waals surface area contributed by atoms with Crippen LogP contribution in [0.1, 0.15) is 52.9 Å². The summed E-state index contributed by atoms with van der Waals surface area (Å²) in [5, 5.41) is 3.74. The molecule has 0 spiro atoms. The molecule has 1 N–H and O–H groups in total. The Morgan fingerprint density at radius 3 is 2.42 bits per heavy atom. The van der Waals surface area contributed by atoms with Gasteiger partial charge in [-0.15, -0.1) is 0 Å². The molecule has 0 aromatic heterocycles. The fraction of sp³-hybridized carbons (Fsp3) is 1.00. The average molecular weight is 268 g/mol. The van der Waals surface area contributed by atoms with Crippen molar-refractivity contribution >= 4 is 0 Å². The molecule has 0 radical (unpaired) electrons. The highest BCUT2D eigenvalue weighted by atomic mass is 16.5. The maximum atomic E-state index is 5.79. The second kappa shape index (κ2) is 7.05. The first-order chi connectivity index (χ1) is 9.14. The molecular formula is C16H32N2O. The lowest BCUT2D eigenvalue weighted by Crippen LogP contribution is -2.61. The number of rotatable bonds is 6. The number of nitrogens with zero attached hydrogens (tertiary/aromatic N) is 1. The number of ether oxygens (including phenoxy) is 1. The predicted octanol–water partition coefficient (Wildman–Crippen LogP) is 2.66. The topological polar surface area (TPSA) is 24.5 Å². The van der Waals surface area contributed by atoms with Crippen molar-refractivity contribution in [3.8, 4) is 0 Å². The third-order valence-corrected chi connectivity index (χ3v) is 5.06. The van der Waals surface area contributed by atoms with E-state index in [1.165, 1.54) is 51.7 Å². The first-order valence-corrected chi connectivity index (χ1v) is 8.22. The molecule has 0 bridgehead atoms. The minimum Gasteiger partial charge on any atom is -0.378 e. The van der Waals surface area contributed by atoms with Crippen molar-refractivity contribution in [2.75, 3.05) is 32.8 Å². The van der Waals surface area contributed by atoms with E-state index in [1.807, 2.05) is 0 Å². The van der Waals surface area contributed by atoms with Crippen LogP contribution in [0.15, 0.2) is 0 Å². The smallest absolute Gasteiger partial charge is 0.0655 e. The Kier molecular flexibility index (Phi) is 5.67. The summed E-state index contributed by atoms with van der Waals surface area (Å²) in [6.07, 6.45) is 7.27. The summed E-state index contributed by atoms with van der Waals surface area (Å²) in [5.41, 5.74) is 0.300. The zero-order valence-corrected chi connectivity index (χ0v) is 13.1. The third-order valence-electron chi connectivity index (χ3n) is 5.06. The van der Waals surface area contributed by atoms with Gasteiger partial charge in [-0.05, 0) is 39.3 Å². The van der Waals surface area contributed by atoms with Crippen LogP contribution in [0.3, 0.4) is 0 Å². The summed E-state index contributed by atoms with van der Waals surface area (Å²) in [6, 6.07) is 0.635. The SMILES string of the molecule is CCOC1CC(NCCN2CCCCCC2)C1(C)C. The molecular weight excluding hydrogens is 236 g/mol. The van der Waals surface area contributed by atoms with Crippen molar-refractivity contribution in [2.24, 2.45) is 5.41 Å². The second-order valence-electron chi connectivity index (χ2n) is 6.76. The maximum absolute atomic E-state index is 5.79. The summed E-state index contributed by atoms with van der Waals surface area (Å²) in [4.78, 5) is 2.63. The summed E-state index contributed by atoms with van der Waals surface area (Å²) < 4.78 is 5.79. The molecule has 2 rings (SSSR count). The van der Waals surface area contributed by atoms with Gasteiger partial charge in [0.15, 0.2) is 0 Å². The standard InChI is InChI=1S/C16H32N2O/c1-4-19-15-13-14(16(15,2)3)17-9-12-18-10-7-5-6-8-11-18/h14-15,17H,4-13H2,1-3H3. The Morgan fingerprint density at radius 1 is 1.16 bits per heavy atom. The number of hydrogen-bond donors (Lipinski definition) is 1. The van der Waals surface area contributed by atoms with Crippen molar-refractivity contribution < 1.29 is 4.74 Å². The Bertz CT molecular complexity index is 259. The molecule has 0 amide bonds. The molecule has 2 aliphatic rings. The number of nitrogens with one attached hydrogen (secondary N) is 1. The quantitative estimate of drug-likeness (QED) is 0.801. The van der Waals surface area contributed by atoms with Gasteiger partial charge in [-0.3, -0.25) is 0 Å². The van der Waals surface area contributed by atoms with Gasteiger partial charge in [-0.2, -0.15) is 0 Å². The minimum absolute atomic E-state index is 0.300. The van der Waals surface area contributed by atoms with Crippen molar-refractivity contribution in [3.05, 3.63) is 0 Å². The molecule has 1 aliphatic carbocycles. The van der Waals surface area contributed by atoms with E-state index < -0.39 is 0 Å². The molecule has 3 heteroatoms. The summed E-state index contributed by atoms with van der Waals surface area (Å²) in [6.45, 7) is 12.6. The Balaban J connectivity index is 1.63. The molecule has 2 atom stereocenters. The minimum atomic E-state index is 0.300. The summed E-state index contributed by atoms with van der Waals surface area (Å²) in [5.74, 6) is 0. The summed E-state index contributed by atoms with van der Waals surface area (Å²) in [7, 11) is 0. The highest BCUT2D eigenvalue weighted by Gasteiger charge is 2.48. The van der Waals surface area contributed by atoms with E-state index in [9.17, 15) is 0 Å². The van der Waals surface area contributed by atoms with Crippen LogP contribution in [-0.4, -0.2) is 49.8 Å². The largest absolute Gasteiger partial charge is 0.378 e. The molecule has 112 valence electrons. The van der Waals surface area contributed by atoms with Crippen molar-refractivity contribution in [1.29, 1.82) is 0 Å². The first-order valence-electron chi connectivity index (χ1n) is 8.22. The lowest BCUT2D eigenvalue weighted by Gasteiger charge is -2.52. The van der Waals surface area contributed by atoms with Gasteiger partial charge in [0.05, 0.1) is 6.10 Å². The maximum Gasteiger partial charge on any atom is 0.0655 e. The van der Waals surface area contributed by atoms with Crippen LogP contribution in [0.5, 0.6) is 0 Å². The second-order valence-corrected chi connectivity index (χ2v) is 6.76. The molecule has 19 heavy (non-hydrogen) atoms. The lowest BCUT2D eigenvalue weighted by molar-refractivity contribution is -0.114. The van der Waals surface area contributed by atoms with Gasteiger partial charge >= 0.3 is 0 Å². The molecule has 0 aromatic carbocycles. The fourth-order valence-electron chi connectivity index (χ4n) is 3.47. The van der Waals surface area contributed by atoms with Crippen LogP contribution in [0, 0.1) is 5.41 Å². The Hall–Kier alpha value is -0.120. The molecule has 1 saturated carbocycles. The highest BCUT2D eigenvalue weighted by molar-refractivity contribution is 5.02. The normalized spacial score (nSPS) is 31.7. The molecule has 2 fully saturated rings. The van der Waals surface area contributed by atoms with E-state index in [0.717, 1.165) is 13.2 Å². The first kappa shape index (κ1) is 15.3. The molecule has 1 saturated heterocycles. The van der Waals surface area contributed by atoms with Gasteiger partial charge in [-0.25, -0.2) is 0 Å². The van der Waals surface area contributed by atoms with Crippen molar-refractivity contribution in [3.63, 3.8) is 0 Å². The number of likely N-dealkylation sites (tertiary alicyclic amines) is 1. The van der Waals surface area contributed by atoms with Crippen LogP contribution >= 0.6 is 0 Å². The van der Waals surface area contributed by atoms with Gasteiger partial charge < -0.3 is 15.0 Å². The van der Waals surface area contributed by atoms with E-state index in [1.54, 1.807) is 0 Å². The van der Waals surface area contributed by atoms with Crippen molar-refractivity contribution in [2.45, 2.75) is 65.0 Å². The van der Waals surface area contributed by atoms with Gasteiger partial charge in [0.2, 0.25) is 0 Å². The summed E-state index contributed by atoms with van der Waals surface area (Å²) >= 11 is 0. The van der Waals surface area contributed by atoms with Crippen LogP contribution in [0.2, 0.25) is 0 Å². The molecule has 3 nitrogen and oxygen atoms in total. The van der Waals surface area contributed by atoms with Gasteiger partial charge in [0.1, 0.15) is 0 Å². The van der Waals surface area contributed by atoms with Crippen LogP contribution in [0.4, 0.5) is 0 Å². The van der Waals surface area contributed by atoms with Gasteiger partial charge in [-0.1, -0.05) is 26.7 Å². The van der Waals surface area contributed by atoms with E-state index in [4.69, 9.17) is 4.74 Å². The van der Waals surface area contributed by atoms with E-state index in [0.29, 0.717) is 17.6 Å². The predicted molar refractivity (Wildman–Crippen MR) is 80.5 cm³/mol. The average Bonchev–Trinajstić information content (AvgIpc) is 2.65. The monoisotopic (exact) mass is 268 g/mol. The van der Waals surface area contributed by atoms with Crippen LogP contribution in [0.25, 0.3) is 0 Å². The van der Waals surface area contributed by atoms with Crippen LogP contribution in [-0.2, 0) is 4.74 Å². The Morgan fingerprint density at radius 2 is 1.84 bits per heavy atom. The van der Waals surface area contributed by atoms with Crippen LogP contribution < -0.4 is 5.32 Å². The van der Waals surface area contributed by atoms with Gasteiger partial charge in [0, 0.05) is 31.2 Å². The van der Waals surface area contributed by atoms with E-state index >= 15 is 0 Å².